The number of benzene rings is 2. The number of morpholine rings is 1. The number of hydrogen-bond acceptors (Lipinski definition) is 6. The highest BCUT2D eigenvalue weighted by Gasteiger charge is 2.22. The lowest BCUT2D eigenvalue weighted by atomic mass is 10.1. The maximum atomic E-state index is 12.7. The number of anilines is 1. The van der Waals surface area contributed by atoms with Gasteiger partial charge in [0.15, 0.2) is 0 Å². The van der Waals surface area contributed by atoms with Gasteiger partial charge in [-0.1, -0.05) is 30.3 Å². The Morgan fingerprint density at radius 2 is 2.00 bits per heavy atom. The highest BCUT2D eigenvalue weighted by molar-refractivity contribution is 7.09. The Labute approximate surface area is 205 Å². The summed E-state index contributed by atoms with van der Waals surface area (Å²) in [6.45, 7) is 9.14. The molecule has 0 bridgehead atoms. The molecule has 2 unspecified atom stereocenters. The molecule has 0 saturated carbocycles. The molecule has 1 amide bonds. The Balaban J connectivity index is 1.35. The summed E-state index contributed by atoms with van der Waals surface area (Å²) in [6, 6.07) is 15.6. The zero-order chi connectivity index (χ0) is 23.9. The third-order valence-corrected chi connectivity index (χ3v) is 6.33. The number of thiazole rings is 1. The number of amides is 1. The molecule has 1 fully saturated rings. The first-order chi connectivity index (χ1) is 16.4. The van der Waals surface area contributed by atoms with Gasteiger partial charge >= 0.3 is 0 Å². The second kappa shape index (κ2) is 11.4. The van der Waals surface area contributed by atoms with Crippen LogP contribution < -0.4 is 10.1 Å². The van der Waals surface area contributed by atoms with Crippen LogP contribution in [0.3, 0.4) is 0 Å². The van der Waals surface area contributed by atoms with Gasteiger partial charge in [0.25, 0.3) is 0 Å². The van der Waals surface area contributed by atoms with Gasteiger partial charge in [-0.15, -0.1) is 11.3 Å². The van der Waals surface area contributed by atoms with Crippen LogP contribution in [0.15, 0.2) is 60.0 Å². The zero-order valence-electron chi connectivity index (χ0n) is 19.9. The van der Waals surface area contributed by atoms with E-state index in [4.69, 9.17) is 9.47 Å². The van der Waals surface area contributed by atoms with Crippen molar-refractivity contribution < 1.29 is 14.3 Å². The molecular weight excluding hydrogens is 446 g/mol. The maximum absolute atomic E-state index is 12.7. The molecule has 1 aliphatic rings. The molecule has 3 aromatic rings. The van der Waals surface area contributed by atoms with Gasteiger partial charge in [-0.2, -0.15) is 0 Å². The standard InChI is InChI=1S/C27H31N3O3S/c1-19-14-30(15-20(2)33-19)16-23-8-4-5-10-26(23)29-27(31)12-11-22-7-6-9-25(13-22)32-17-24-18-34-21(3)28-24/h4-13,18-20H,14-17H2,1-3H3,(H,29,31). The molecule has 1 N–H and O–H groups in total. The molecular formula is C27H31N3O3S. The SMILES string of the molecule is Cc1nc(COc2cccc(C=CC(=O)Nc3ccccc3CN3CC(C)OC(C)C3)c2)cs1. The molecule has 7 heteroatoms. The van der Waals surface area contributed by atoms with Crippen LogP contribution in [0.1, 0.15) is 35.7 Å². The summed E-state index contributed by atoms with van der Waals surface area (Å²) in [5, 5.41) is 6.06. The molecule has 1 saturated heterocycles. The molecule has 4 rings (SSSR count). The van der Waals surface area contributed by atoms with Crippen LogP contribution in [0.4, 0.5) is 5.69 Å². The lowest BCUT2D eigenvalue weighted by Crippen LogP contribution is -2.44. The summed E-state index contributed by atoms with van der Waals surface area (Å²) in [5.74, 6) is 0.577. The van der Waals surface area contributed by atoms with Gasteiger partial charge in [-0.25, -0.2) is 4.98 Å². The Hall–Kier alpha value is -3.00. The molecule has 178 valence electrons. The van der Waals surface area contributed by atoms with Crippen LogP contribution in [-0.2, 0) is 22.7 Å². The van der Waals surface area contributed by atoms with Gasteiger partial charge < -0.3 is 14.8 Å². The van der Waals surface area contributed by atoms with Gasteiger partial charge in [0.1, 0.15) is 12.4 Å². The number of hydrogen-bond donors (Lipinski definition) is 1. The Morgan fingerprint density at radius 3 is 2.76 bits per heavy atom. The summed E-state index contributed by atoms with van der Waals surface area (Å²) in [6.07, 6.45) is 3.76. The summed E-state index contributed by atoms with van der Waals surface area (Å²) in [7, 11) is 0. The van der Waals surface area contributed by atoms with Crippen molar-refractivity contribution in [1.29, 1.82) is 0 Å². The molecule has 6 nitrogen and oxygen atoms in total. The van der Waals surface area contributed by atoms with Crippen LogP contribution in [0.2, 0.25) is 0 Å². The van der Waals surface area contributed by atoms with Crippen molar-refractivity contribution in [3.05, 3.63) is 81.8 Å². The average molecular weight is 478 g/mol. The Morgan fingerprint density at radius 1 is 1.21 bits per heavy atom. The monoisotopic (exact) mass is 477 g/mol. The fourth-order valence-corrected chi connectivity index (χ4v) is 4.72. The molecule has 2 aromatic carbocycles. The Bertz CT molecular complexity index is 1130. The number of nitrogens with zero attached hydrogens (tertiary/aromatic N) is 2. The predicted molar refractivity (Wildman–Crippen MR) is 137 cm³/mol. The van der Waals surface area contributed by atoms with Gasteiger partial charge in [0.05, 0.1) is 22.9 Å². The fraction of sp³-hybridized carbons (Fsp3) is 0.333. The molecule has 1 aromatic heterocycles. The number of rotatable bonds is 8. The van der Waals surface area contributed by atoms with E-state index in [1.165, 1.54) is 0 Å². The van der Waals surface area contributed by atoms with Crippen molar-refractivity contribution in [2.75, 3.05) is 18.4 Å². The summed E-state index contributed by atoms with van der Waals surface area (Å²) < 4.78 is 11.7. The molecule has 0 radical (unpaired) electrons. The van der Waals surface area contributed by atoms with Crippen LogP contribution >= 0.6 is 11.3 Å². The summed E-state index contributed by atoms with van der Waals surface area (Å²) in [4.78, 5) is 19.5. The minimum atomic E-state index is -0.166. The number of para-hydroxylation sites is 1. The highest BCUT2D eigenvalue weighted by atomic mass is 32.1. The molecule has 0 spiro atoms. The van der Waals surface area contributed by atoms with E-state index in [1.54, 1.807) is 23.5 Å². The highest BCUT2D eigenvalue weighted by Crippen LogP contribution is 2.21. The van der Waals surface area contributed by atoms with E-state index in [-0.39, 0.29) is 18.1 Å². The number of aromatic nitrogens is 1. The van der Waals surface area contributed by atoms with Crippen molar-refractivity contribution in [1.82, 2.24) is 9.88 Å². The fourth-order valence-electron chi connectivity index (χ4n) is 4.12. The molecule has 0 aliphatic carbocycles. The quantitative estimate of drug-likeness (QED) is 0.447. The van der Waals surface area contributed by atoms with Crippen LogP contribution in [0.5, 0.6) is 5.75 Å². The molecule has 34 heavy (non-hydrogen) atoms. The van der Waals surface area contributed by atoms with Crippen molar-refractivity contribution in [3.8, 4) is 5.75 Å². The van der Waals surface area contributed by atoms with Crippen LogP contribution in [0, 0.1) is 6.92 Å². The van der Waals surface area contributed by atoms with E-state index in [2.05, 4.69) is 35.1 Å². The van der Waals surface area contributed by atoms with Gasteiger partial charge in [-0.05, 0) is 56.2 Å². The maximum Gasteiger partial charge on any atom is 0.248 e. The van der Waals surface area contributed by atoms with Gasteiger partial charge in [0, 0.05) is 36.8 Å². The first-order valence-electron chi connectivity index (χ1n) is 11.5. The van der Waals surface area contributed by atoms with E-state index in [9.17, 15) is 4.79 Å². The lowest BCUT2D eigenvalue weighted by Gasteiger charge is -2.35. The van der Waals surface area contributed by atoms with Crippen LogP contribution in [-0.4, -0.2) is 41.1 Å². The number of carbonyl (C=O) groups is 1. The summed E-state index contributed by atoms with van der Waals surface area (Å²) in [5.41, 5.74) is 3.74. The first-order valence-corrected chi connectivity index (χ1v) is 12.4. The molecule has 2 atom stereocenters. The Kier molecular flexibility index (Phi) is 8.11. The second-order valence-corrected chi connectivity index (χ2v) is 9.71. The van der Waals surface area contributed by atoms with Crippen molar-refractivity contribution in [2.45, 2.75) is 46.1 Å². The first kappa shape index (κ1) is 24.1. The number of aryl methyl sites for hydroxylation is 1. The van der Waals surface area contributed by atoms with E-state index < -0.39 is 0 Å². The van der Waals surface area contributed by atoms with Crippen molar-refractivity contribution in [3.63, 3.8) is 0 Å². The normalized spacial score (nSPS) is 18.8. The van der Waals surface area contributed by atoms with Gasteiger partial charge in [-0.3, -0.25) is 9.69 Å². The lowest BCUT2D eigenvalue weighted by molar-refractivity contribution is -0.111. The zero-order valence-corrected chi connectivity index (χ0v) is 20.7. The van der Waals surface area contributed by atoms with E-state index in [0.29, 0.717) is 6.61 Å². The van der Waals surface area contributed by atoms with E-state index in [0.717, 1.165) is 52.9 Å². The van der Waals surface area contributed by atoms with Crippen molar-refractivity contribution >= 4 is 29.0 Å². The summed E-state index contributed by atoms with van der Waals surface area (Å²) >= 11 is 1.61. The largest absolute Gasteiger partial charge is 0.487 e. The smallest absolute Gasteiger partial charge is 0.248 e. The molecule has 1 aliphatic heterocycles. The number of nitrogens with one attached hydrogen (secondary N) is 1. The second-order valence-electron chi connectivity index (χ2n) is 8.65. The van der Waals surface area contributed by atoms with E-state index in [1.807, 2.05) is 54.8 Å². The number of carbonyl (C=O) groups excluding carboxylic acids is 1. The van der Waals surface area contributed by atoms with E-state index >= 15 is 0 Å². The minimum absolute atomic E-state index is 0.166. The van der Waals surface area contributed by atoms with Crippen LogP contribution in [0.25, 0.3) is 6.08 Å². The minimum Gasteiger partial charge on any atom is -0.487 e. The topological polar surface area (TPSA) is 63.7 Å². The predicted octanol–water partition coefficient (Wildman–Crippen LogP) is 5.29. The third-order valence-electron chi connectivity index (χ3n) is 5.50. The average Bonchev–Trinajstić information content (AvgIpc) is 3.22. The van der Waals surface area contributed by atoms with Gasteiger partial charge in [0.2, 0.25) is 5.91 Å². The molecule has 2 heterocycles. The third kappa shape index (κ3) is 7.00. The number of ether oxygens (including phenoxy) is 2. The van der Waals surface area contributed by atoms with Crippen molar-refractivity contribution in [2.24, 2.45) is 0 Å².